The first-order valence-electron chi connectivity index (χ1n) is 9.00. The van der Waals surface area contributed by atoms with E-state index in [0.29, 0.717) is 36.2 Å². The molecule has 0 fully saturated rings. The van der Waals surface area contributed by atoms with E-state index in [9.17, 15) is 4.79 Å². The van der Waals surface area contributed by atoms with E-state index in [4.69, 9.17) is 14.0 Å². The Bertz CT molecular complexity index is 782. The van der Waals surface area contributed by atoms with Gasteiger partial charge in [-0.2, -0.15) is 4.98 Å². The molecule has 0 bridgehead atoms. The molecule has 8 heteroatoms. The summed E-state index contributed by atoms with van der Waals surface area (Å²) in [5, 5.41) is 4.02. The number of aryl methyl sites for hydroxylation is 1. The topological polar surface area (TPSA) is 90.6 Å². The first-order valence-corrected chi connectivity index (χ1v) is 9.00. The van der Waals surface area contributed by atoms with Crippen LogP contribution in [-0.2, 0) is 11.2 Å². The van der Waals surface area contributed by atoms with E-state index in [1.165, 1.54) is 4.90 Å². The number of hydrogen-bond acceptors (Lipinski definition) is 7. The van der Waals surface area contributed by atoms with E-state index >= 15 is 0 Å². The molecule has 0 saturated heterocycles. The third-order valence-corrected chi connectivity index (χ3v) is 3.80. The van der Waals surface area contributed by atoms with Crippen LogP contribution in [0.3, 0.4) is 0 Å². The molecular formula is C19H28N4O4. The number of hydrogen-bond donors (Lipinski definition) is 0. The predicted octanol–water partition coefficient (Wildman–Crippen LogP) is 3.64. The summed E-state index contributed by atoms with van der Waals surface area (Å²) in [6.07, 6.45) is 0.0442. The minimum absolute atomic E-state index is 0.159. The van der Waals surface area contributed by atoms with Crippen LogP contribution in [0, 0.1) is 6.92 Å². The van der Waals surface area contributed by atoms with Crippen LogP contribution in [0.25, 0.3) is 11.5 Å². The average molecular weight is 376 g/mol. The van der Waals surface area contributed by atoms with Crippen molar-refractivity contribution in [3.05, 3.63) is 23.7 Å². The second-order valence-electron chi connectivity index (χ2n) is 7.40. The van der Waals surface area contributed by atoms with Crippen LogP contribution >= 0.6 is 0 Å². The third kappa shape index (κ3) is 5.67. The normalized spacial score (nSPS) is 12.6. The largest absolute Gasteiger partial charge is 0.477 e. The van der Waals surface area contributed by atoms with Gasteiger partial charge >= 0.3 is 6.09 Å². The Labute approximate surface area is 159 Å². The maximum absolute atomic E-state index is 12.2. The van der Waals surface area contributed by atoms with E-state index in [2.05, 4.69) is 15.1 Å². The highest BCUT2D eigenvalue weighted by Crippen LogP contribution is 2.27. The number of carbonyl (C=O) groups excluding carboxylic acids is 1. The van der Waals surface area contributed by atoms with Crippen molar-refractivity contribution < 1.29 is 18.8 Å². The zero-order valence-electron chi connectivity index (χ0n) is 17.1. The predicted molar refractivity (Wildman–Crippen MR) is 101 cm³/mol. The van der Waals surface area contributed by atoms with Gasteiger partial charge in [0.1, 0.15) is 11.2 Å². The number of aromatic nitrogens is 3. The van der Waals surface area contributed by atoms with Crippen LogP contribution in [0.1, 0.15) is 46.1 Å². The van der Waals surface area contributed by atoms with Gasteiger partial charge in [-0.3, -0.25) is 0 Å². The van der Waals surface area contributed by atoms with Crippen molar-refractivity contribution in [2.75, 3.05) is 13.7 Å². The van der Waals surface area contributed by atoms with E-state index in [1.807, 2.05) is 53.7 Å². The molecule has 148 valence electrons. The van der Waals surface area contributed by atoms with Gasteiger partial charge in [0.2, 0.25) is 5.88 Å². The summed E-state index contributed by atoms with van der Waals surface area (Å²) in [5.41, 5.74) is 0.947. The van der Waals surface area contributed by atoms with Gasteiger partial charge < -0.3 is 18.9 Å². The molecule has 0 saturated carbocycles. The van der Waals surface area contributed by atoms with E-state index in [1.54, 1.807) is 7.05 Å². The summed E-state index contributed by atoms with van der Waals surface area (Å²) in [6.45, 7) is 11.7. The molecule has 0 radical (unpaired) electrons. The Morgan fingerprint density at radius 1 is 1.30 bits per heavy atom. The lowest BCUT2D eigenvalue weighted by Gasteiger charge is -2.28. The van der Waals surface area contributed by atoms with Crippen LogP contribution in [0.5, 0.6) is 5.88 Å². The summed E-state index contributed by atoms with van der Waals surface area (Å²) in [7, 11) is 1.69. The van der Waals surface area contributed by atoms with Crippen LogP contribution < -0.4 is 4.74 Å². The van der Waals surface area contributed by atoms with E-state index in [0.717, 1.165) is 5.69 Å². The molecule has 0 aliphatic carbocycles. The maximum atomic E-state index is 12.2. The number of likely N-dealkylation sites (N-methyl/N-ethyl adjacent to an activating group) is 1. The Balaban J connectivity index is 2.11. The molecule has 2 aromatic heterocycles. The second-order valence-corrected chi connectivity index (χ2v) is 7.40. The zero-order valence-corrected chi connectivity index (χ0v) is 17.1. The van der Waals surface area contributed by atoms with Crippen molar-refractivity contribution in [3.63, 3.8) is 0 Å². The molecule has 2 rings (SSSR count). The Morgan fingerprint density at radius 2 is 2.00 bits per heavy atom. The molecule has 1 amide bonds. The van der Waals surface area contributed by atoms with Crippen LogP contribution in [0.2, 0.25) is 0 Å². The van der Waals surface area contributed by atoms with Crippen molar-refractivity contribution in [2.45, 2.75) is 59.6 Å². The summed E-state index contributed by atoms with van der Waals surface area (Å²) < 4.78 is 16.3. The third-order valence-electron chi connectivity index (χ3n) is 3.80. The first kappa shape index (κ1) is 20.7. The summed E-state index contributed by atoms with van der Waals surface area (Å²) in [5.74, 6) is 1.30. The van der Waals surface area contributed by atoms with Gasteiger partial charge in [-0.15, -0.1) is 0 Å². The molecule has 2 heterocycles. The van der Waals surface area contributed by atoms with Crippen LogP contribution in [-0.4, -0.2) is 51.4 Å². The monoisotopic (exact) mass is 376 g/mol. The van der Waals surface area contributed by atoms with Crippen molar-refractivity contribution in [2.24, 2.45) is 0 Å². The Kier molecular flexibility index (Phi) is 6.41. The number of rotatable bonds is 6. The highest BCUT2D eigenvalue weighted by molar-refractivity contribution is 5.68. The van der Waals surface area contributed by atoms with Crippen LogP contribution in [0.4, 0.5) is 4.79 Å². The fourth-order valence-electron chi connectivity index (χ4n) is 2.30. The highest BCUT2D eigenvalue weighted by Gasteiger charge is 2.24. The highest BCUT2D eigenvalue weighted by atomic mass is 16.6. The number of ether oxygens (including phenoxy) is 2. The zero-order chi connectivity index (χ0) is 20.2. The minimum Gasteiger partial charge on any atom is -0.477 e. The molecule has 8 nitrogen and oxygen atoms in total. The van der Waals surface area contributed by atoms with Crippen molar-refractivity contribution in [1.29, 1.82) is 0 Å². The van der Waals surface area contributed by atoms with Gasteiger partial charge in [0, 0.05) is 25.2 Å². The van der Waals surface area contributed by atoms with Crippen LogP contribution in [0.15, 0.2) is 16.7 Å². The SMILES string of the molecule is CCOc1nc(C)ccc1-c1nc(C[C@@H](C)N(C)C(=O)OC(C)(C)C)no1. The summed E-state index contributed by atoms with van der Waals surface area (Å²) in [4.78, 5) is 22.5. The average Bonchev–Trinajstić information content (AvgIpc) is 3.01. The fraction of sp³-hybridized carbons (Fsp3) is 0.579. The van der Waals surface area contributed by atoms with Crippen molar-refractivity contribution in [3.8, 4) is 17.3 Å². The van der Waals surface area contributed by atoms with E-state index in [-0.39, 0.29) is 12.1 Å². The molecule has 1 atom stereocenters. The second kappa shape index (κ2) is 8.37. The number of amides is 1. The molecule has 2 aromatic rings. The number of pyridine rings is 1. The summed E-state index contributed by atoms with van der Waals surface area (Å²) >= 11 is 0. The van der Waals surface area contributed by atoms with Crippen molar-refractivity contribution >= 4 is 6.09 Å². The lowest BCUT2D eigenvalue weighted by atomic mass is 10.2. The first-order chi connectivity index (χ1) is 12.6. The smallest absolute Gasteiger partial charge is 0.410 e. The lowest BCUT2D eigenvalue weighted by Crippen LogP contribution is -2.40. The fourth-order valence-corrected chi connectivity index (χ4v) is 2.30. The molecule has 0 spiro atoms. The molecule has 0 aliphatic rings. The standard InChI is InChI=1S/C19H28N4O4/c1-8-25-16-14(10-9-12(2)20-16)17-21-15(22-27-17)11-13(3)23(7)18(24)26-19(4,5)6/h9-10,13H,8,11H2,1-7H3/t13-/m1/s1. The minimum atomic E-state index is -0.543. The van der Waals surface area contributed by atoms with Gasteiger partial charge in [0.05, 0.1) is 6.61 Å². The van der Waals surface area contributed by atoms with Gasteiger partial charge in [-0.25, -0.2) is 9.78 Å². The van der Waals surface area contributed by atoms with Gasteiger partial charge in [0.25, 0.3) is 5.89 Å². The number of carbonyl (C=O) groups is 1. The molecule has 0 aliphatic heterocycles. The van der Waals surface area contributed by atoms with Gasteiger partial charge in [-0.05, 0) is 53.7 Å². The summed E-state index contributed by atoms with van der Waals surface area (Å²) in [6, 6.07) is 3.55. The number of nitrogens with zero attached hydrogens (tertiary/aromatic N) is 4. The maximum Gasteiger partial charge on any atom is 0.410 e. The van der Waals surface area contributed by atoms with Crippen molar-refractivity contribution in [1.82, 2.24) is 20.0 Å². The van der Waals surface area contributed by atoms with Gasteiger partial charge in [0.15, 0.2) is 5.82 Å². The molecule has 27 heavy (non-hydrogen) atoms. The molecular weight excluding hydrogens is 348 g/mol. The quantitative estimate of drug-likeness (QED) is 0.760. The molecule has 0 N–H and O–H groups in total. The molecule has 0 aromatic carbocycles. The Morgan fingerprint density at radius 3 is 2.63 bits per heavy atom. The lowest BCUT2D eigenvalue weighted by molar-refractivity contribution is 0.0234. The molecule has 0 unspecified atom stereocenters. The Hall–Kier alpha value is -2.64. The van der Waals surface area contributed by atoms with E-state index < -0.39 is 5.60 Å². The van der Waals surface area contributed by atoms with Gasteiger partial charge in [-0.1, -0.05) is 5.16 Å².